The van der Waals surface area contributed by atoms with E-state index in [2.05, 4.69) is 15.0 Å². The van der Waals surface area contributed by atoms with Gasteiger partial charge in [0.1, 0.15) is 17.5 Å². The van der Waals surface area contributed by atoms with Gasteiger partial charge in [-0.15, -0.1) is 0 Å². The van der Waals surface area contributed by atoms with Crippen LogP contribution in [-0.4, -0.2) is 24.5 Å². The molecule has 3 aromatic rings. The Hall–Kier alpha value is -2.78. The minimum atomic E-state index is -0.0935. The lowest BCUT2D eigenvalue weighted by Gasteiger charge is -2.05. The van der Waals surface area contributed by atoms with Crippen LogP contribution in [0.15, 0.2) is 30.7 Å². The molecule has 6 nitrogen and oxygen atoms in total. The molecule has 0 atom stereocenters. The van der Waals surface area contributed by atoms with Gasteiger partial charge in [0.2, 0.25) is 0 Å². The first-order chi connectivity index (χ1) is 9.72. The Morgan fingerprint density at radius 2 is 2.15 bits per heavy atom. The molecule has 6 heteroatoms. The number of hydrogen-bond donors (Lipinski definition) is 1. The van der Waals surface area contributed by atoms with Gasteiger partial charge in [-0.25, -0.2) is 9.97 Å². The second-order valence-electron chi connectivity index (χ2n) is 4.35. The third-order valence-electron chi connectivity index (χ3n) is 3.09. The molecule has 0 bridgehead atoms. The summed E-state index contributed by atoms with van der Waals surface area (Å²) in [4.78, 5) is 12.8. The van der Waals surface area contributed by atoms with Gasteiger partial charge < -0.3 is 5.11 Å². The fourth-order valence-corrected chi connectivity index (χ4v) is 2.03. The van der Waals surface area contributed by atoms with Gasteiger partial charge in [0.25, 0.3) is 0 Å². The highest BCUT2D eigenvalue weighted by molar-refractivity contribution is 5.76. The number of aromatic nitrogens is 4. The smallest absolute Gasteiger partial charge is 0.159 e. The molecule has 0 saturated heterocycles. The lowest BCUT2D eigenvalue weighted by Crippen LogP contribution is -1.97. The van der Waals surface area contributed by atoms with E-state index in [4.69, 9.17) is 10.4 Å². The third-order valence-corrected chi connectivity index (χ3v) is 3.09. The third kappa shape index (κ3) is 1.90. The molecule has 20 heavy (non-hydrogen) atoms. The summed E-state index contributed by atoms with van der Waals surface area (Å²) in [6.45, 7) is 1.76. The minimum Gasteiger partial charge on any atom is -0.390 e. The molecular weight excluding hydrogens is 254 g/mol. The van der Waals surface area contributed by atoms with Gasteiger partial charge in [-0.2, -0.15) is 5.26 Å². The Morgan fingerprint density at radius 3 is 2.80 bits per heavy atom. The lowest BCUT2D eigenvalue weighted by atomic mass is 10.1. The second kappa shape index (κ2) is 4.72. The van der Waals surface area contributed by atoms with Crippen LogP contribution in [0, 0.1) is 18.3 Å². The number of hydrogen-bond acceptors (Lipinski definition) is 5. The maximum Gasteiger partial charge on any atom is 0.159 e. The van der Waals surface area contributed by atoms with Crippen molar-refractivity contribution in [3.8, 4) is 17.2 Å². The zero-order valence-electron chi connectivity index (χ0n) is 10.8. The van der Waals surface area contributed by atoms with Crippen molar-refractivity contribution >= 4 is 5.65 Å². The fraction of sp³-hybridized carbons (Fsp3) is 0.143. The summed E-state index contributed by atoms with van der Waals surface area (Å²) in [5.41, 5.74) is 3.27. The van der Waals surface area contributed by atoms with Gasteiger partial charge in [-0.3, -0.25) is 9.38 Å². The number of nitriles is 1. The molecule has 0 aliphatic heterocycles. The van der Waals surface area contributed by atoms with E-state index in [1.165, 1.54) is 0 Å². The van der Waals surface area contributed by atoms with Crippen molar-refractivity contribution in [3.63, 3.8) is 0 Å². The summed E-state index contributed by atoms with van der Waals surface area (Å²) in [7, 11) is 0. The summed E-state index contributed by atoms with van der Waals surface area (Å²) in [5, 5.41) is 18.0. The molecule has 3 rings (SSSR count). The van der Waals surface area contributed by atoms with Crippen LogP contribution in [0.25, 0.3) is 16.8 Å². The Morgan fingerprint density at radius 1 is 1.30 bits per heavy atom. The molecule has 0 amide bonds. The van der Waals surface area contributed by atoms with Gasteiger partial charge in [-0.05, 0) is 13.0 Å². The quantitative estimate of drug-likeness (QED) is 0.758. The number of nitrogens with zero attached hydrogens (tertiary/aromatic N) is 5. The first-order valence-electron chi connectivity index (χ1n) is 6.04. The van der Waals surface area contributed by atoms with Crippen molar-refractivity contribution in [3.05, 3.63) is 47.9 Å². The first kappa shape index (κ1) is 12.3. The summed E-state index contributed by atoms with van der Waals surface area (Å²) in [6.07, 6.45) is 5.05. The van der Waals surface area contributed by atoms with Crippen LogP contribution < -0.4 is 0 Å². The van der Waals surface area contributed by atoms with E-state index in [0.717, 1.165) is 17.0 Å². The van der Waals surface area contributed by atoms with E-state index in [0.29, 0.717) is 17.0 Å². The van der Waals surface area contributed by atoms with Gasteiger partial charge in [0.15, 0.2) is 5.69 Å². The highest BCUT2D eigenvalue weighted by atomic mass is 16.3. The number of aryl methyl sites for hydroxylation is 1. The normalized spacial score (nSPS) is 10.7. The molecule has 98 valence electrons. The number of imidazole rings is 1. The Balaban J connectivity index is 2.22. The molecule has 0 aromatic carbocycles. The fourth-order valence-electron chi connectivity index (χ4n) is 2.03. The van der Waals surface area contributed by atoms with Crippen LogP contribution in [0.4, 0.5) is 0 Å². The van der Waals surface area contributed by atoms with Crippen LogP contribution in [0.2, 0.25) is 0 Å². The van der Waals surface area contributed by atoms with Crippen molar-refractivity contribution in [2.75, 3.05) is 0 Å². The number of aliphatic hydroxyl groups excluding tert-OH is 1. The maximum absolute atomic E-state index is 9.02. The van der Waals surface area contributed by atoms with Crippen LogP contribution in [0.3, 0.4) is 0 Å². The average Bonchev–Trinajstić information content (AvgIpc) is 2.93. The summed E-state index contributed by atoms with van der Waals surface area (Å²) >= 11 is 0. The number of aliphatic hydroxyl groups is 1. The molecule has 0 aliphatic carbocycles. The molecule has 0 spiro atoms. The van der Waals surface area contributed by atoms with E-state index in [1.807, 2.05) is 19.1 Å². The monoisotopic (exact) mass is 265 g/mol. The first-order valence-corrected chi connectivity index (χ1v) is 6.04. The van der Waals surface area contributed by atoms with Crippen molar-refractivity contribution in [1.82, 2.24) is 19.4 Å². The zero-order chi connectivity index (χ0) is 14.1. The molecule has 3 heterocycles. The minimum absolute atomic E-state index is 0.0935. The molecule has 0 fully saturated rings. The summed E-state index contributed by atoms with van der Waals surface area (Å²) in [6, 6.07) is 5.63. The highest BCUT2D eigenvalue weighted by Crippen LogP contribution is 2.23. The number of pyridine rings is 1. The van der Waals surface area contributed by atoms with Crippen molar-refractivity contribution < 1.29 is 5.11 Å². The topological polar surface area (TPSA) is 87.1 Å². The Bertz CT molecular complexity index is 814. The van der Waals surface area contributed by atoms with E-state index < -0.39 is 0 Å². The largest absolute Gasteiger partial charge is 0.390 e. The van der Waals surface area contributed by atoms with Crippen molar-refractivity contribution in [2.45, 2.75) is 13.5 Å². The van der Waals surface area contributed by atoms with Gasteiger partial charge in [0.05, 0.1) is 12.3 Å². The number of fused-ring (bicyclic) bond motifs is 1. The van der Waals surface area contributed by atoms with Crippen LogP contribution in [0.1, 0.15) is 17.2 Å². The molecule has 0 unspecified atom stereocenters. The molecule has 0 aliphatic rings. The van der Waals surface area contributed by atoms with E-state index in [-0.39, 0.29) is 6.61 Å². The van der Waals surface area contributed by atoms with E-state index >= 15 is 0 Å². The van der Waals surface area contributed by atoms with Crippen LogP contribution >= 0.6 is 0 Å². The molecule has 0 saturated carbocycles. The van der Waals surface area contributed by atoms with E-state index in [9.17, 15) is 0 Å². The molecule has 0 radical (unpaired) electrons. The van der Waals surface area contributed by atoms with Gasteiger partial charge in [0, 0.05) is 29.7 Å². The molecular formula is C14H11N5O. The molecule has 1 N–H and O–H groups in total. The summed E-state index contributed by atoms with van der Waals surface area (Å²) in [5.74, 6) is 0.762. The standard InChI is InChI=1S/C14H11N5O/c1-9-16-6-13(10-2-3-11(8-20)17-5-10)14-18-12(4-15)7-19(9)14/h2-3,5-7,20H,8H2,1H3. The Labute approximate surface area is 115 Å². The van der Waals surface area contributed by atoms with Gasteiger partial charge >= 0.3 is 0 Å². The second-order valence-corrected chi connectivity index (χ2v) is 4.35. The van der Waals surface area contributed by atoms with Crippen molar-refractivity contribution in [2.24, 2.45) is 0 Å². The predicted molar refractivity (Wildman–Crippen MR) is 71.6 cm³/mol. The predicted octanol–water partition coefficient (Wildman–Crippen LogP) is 1.46. The van der Waals surface area contributed by atoms with Crippen molar-refractivity contribution in [1.29, 1.82) is 5.26 Å². The highest BCUT2D eigenvalue weighted by Gasteiger charge is 2.11. The number of rotatable bonds is 2. The van der Waals surface area contributed by atoms with Crippen LogP contribution in [0.5, 0.6) is 0 Å². The van der Waals surface area contributed by atoms with Crippen LogP contribution in [-0.2, 0) is 6.61 Å². The Kier molecular flexibility index (Phi) is 2.89. The summed E-state index contributed by atoms with van der Waals surface area (Å²) < 4.78 is 1.79. The molecule has 3 aromatic heterocycles. The maximum atomic E-state index is 9.02. The SMILES string of the molecule is Cc1ncc(-c2ccc(CO)nc2)c2nc(C#N)cn12. The lowest BCUT2D eigenvalue weighted by molar-refractivity contribution is 0.277. The van der Waals surface area contributed by atoms with E-state index in [1.54, 1.807) is 29.1 Å². The zero-order valence-corrected chi connectivity index (χ0v) is 10.8. The van der Waals surface area contributed by atoms with Gasteiger partial charge in [-0.1, -0.05) is 6.07 Å². The average molecular weight is 265 g/mol.